The van der Waals surface area contributed by atoms with Crippen molar-refractivity contribution in [3.8, 4) is 0 Å². The normalized spacial score (nSPS) is 14.3. The van der Waals surface area contributed by atoms with Crippen LogP contribution in [0.25, 0.3) is 0 Å². The topological polar surface area (TPSA) is 110 Å². The lowest BCUT2D eigenvalue weighted by atomic mass is 10.0. The van der Waals surface area contributed by atoms with E-state index in [2.05, 4.69) is 21.2 Å². The Kier molecular flexibility index (Phi) is 7.59. The number of amides is 3. The Labute approximate surface area is 216 Å². The predicted molar refractivity (Wildman–Crippen MR) is 138 cm³/mol. The fourth-order valence-electron chi connectivity index (χ4n) is 4.24. The number of imide groups is 1. The number of carbonyl (C=O) groups is 3. The van der Waals surface area contributed by atoms with Crippen molar-refractivity contribution < 1.29 is 19.3 Å². The Morgan fingerprint density at radius 3 is 2.03 bits per heavy atom. The maximum absolute atomic E-state index is 13.5. The average molecular weight is 550 g/mol. The number of nitrogens with one attached hydrogen (secondary N) is 1. The first-order valence-electron chi connectivity index (χ1n) is 11.5. The molecule has 0 saturated carbocycles. The van der Waals surface area contributed by atoms with Gasteiger partial charge in [0.25, 0.3) is 17.5 Å². The molecule has 8 nitrogen and oxygen atoms in total. The van der Waals surface area contributed by atoms with Crippen molar-refractivity contribution >= 4 is 39.3 Å². The molecule has 4 rings (SSSR count). The van der Waals surface area contributed by atoms with Gasteiger partial charge in [0.05, 0.1) is 22.1 Å². The van der Waals surface area contributed by atoms with E-state index in [0.29, 0.717) is 5.56 Å². The second kappa shape index (κ2) is 10.8. The minimum absolute atomic E-state index is 0.0200. The molecule has 0 fully saturated rings. The Bertz CT molecular complexity index is 1270. The molecular formula is C27H24BrN3O5. The first-order valence-corrected chi connectivity index (χ1v) is 12.6. The summed E-state index contributed by atoms with van der Waals surface area (Å²) in [5.74, 6) is -1.56. The first kappa shape index (κ1) is 25.2. The molecule has 36 heavy (non-hydrogen) atoms. The number of halogens is 1. The summed E-state index contributed by atoms with van der Waals surface area (Å²) in [5, 5.41) is 14.8. The van der Waals surface area contributed by atoms with Gasteiger partial charge in [0, 0.05) is 23.9 Å². The van der Waals surface area contributed by atoms with Gasteiger partial charge in [-0.15, -0.1) is 0 Å². The molecule has 0 aromatic heterocycles. The van der Waals surface area contributed by atoms with Crippen molar-refractivity contribution in [3.63, 3.8) is 0 Å². The summed E-state index contributed by atoms with van der Waals surface area (Å²) in [6.07, 6.45) is 0.907. The zero-order valence-corrected chi connectivity index (χ0v) is 21.1. The van der Waals surface area contributed by atoms with Crippen LogP contribution < -0.4 is 5.32 Å². The molecule has 0 bridgehead atoms. The number of carbonyl (C=O) groups excluding carboxylic acids is 3. The molecule has 0 aliphatic carbocycles. The van der Waals surface area contributed by atoms with Crippen LogP contribution in [-0.4, -0.2) is 38.9 Å². The van der Waals surface area contributed by atoms with Gasteiger partial charge in [-0.1, -0.05) is 64.5 Å². The molecule has 2 atom stereocenters. The second-order valence-electron chi connectivity index (χ2n) is 8.58. The molecule has 1 N–H and O–H groups in total. The number of benzene rings is 3. The smallest absolute Gasteiger partial charge is 0.269 e. The van der Waals surface area contributed by atoms with Gasteiger partial charge in [0.2, 0.25) is 5.91 Å². The van der Waals surface area contributed by atoms with E-state index in [0.717, 1.165) is 27.8 Å². The second-order valence-corrected chi connectivity index (χ2v) is 9.37. The van der Waals surface area contributed by atoms with Crippen LogP contribution in [0.1, 0.15) is 50.4 Å². The highest BCUT2D eigenvalue weighted by atomic mass is 79.9. The number of non-ortho nitro benzene ring substituents is 1. The number of fused-ring (bicyclic) bond motifs is 1. The van der Waals surface area contributed by atoms with Crippen molar-refractivity contribution in [1.29, 1.82) is 0 Å². The lowest BCUT2D eigenvalue weighted by Crippen LogP contribution is -2.51. The van der Waals surface area contributed by atoms with Crippen LogP contribution in [0.4, 0.5) is 5.69 Å². The van der Waals surface area contributed by atoms with Gasteiger partial charge >= 0.3 is 0 Å². The van der Waals surface area contributed by atoms with Gasteiger partial charge in [-0.2, -0.15) is 0 Å². The van der Waals surface area contributed by atoms with E-state index in [4.69, 9.17) is 0 Å². The Morgan fingerprint density at radius 2 is 1.50 bits per heavy atom. The van der Waals surface area contributed by atoms with Crippen LogP contribution in [0.2, 0.25) is 0 Å². The maximum atomic E-state index is 13.5. The standard InChI is InChI=1S/C27H24BrN3O5/c1-17(20-10-6-18(7-11-20)14-15-28)29-25(32)24(16-19-8-12-21(13-9-19)31(35)36)30-26(33)22-4-2-3-5-23(22)27(30)34/h2-13,17,24H,14-16H2,1H3,(H,29,32). The molecule has 9 heteroatoms. The van der Waals surface area contributed by atoms with Crippen LogP contribution in [-0.2, 0) is 17.6 Å². The van der Waals surface area contributed by atoms with Gasteiger partial charge in [0.1, 0.15) is 6.04 Å². The highest BCUT2D eigenvalue weighted by Crippen LogP contribution is 2.27. The molecule has 1 heterocycles. The third kappa shape index (κ3) is 5.21. The van der Waals surface area contributed by atoms with Crippen molar-refractivity contribution in [2.24, 2.45) is 0 Å². The van der Waals surface area contributed by atoms with Crippen LogP contribution >= 0.6 is 15.9 Å². The van der Waals surface area contributed by atoms with Gasteiger partial charge in [-0.3, -0.25) is 29.4 Å². The monoisotopic (exact) mass is 549 g/mol. The zero-order valence-electron chi connectivity index (χ0n) is 19.5. The largest absolute Gasteiger partial charge is 0.348 e. The summed E-state index contributed by atoms with van der Waals surface area (Å²) in [5.41, 5.74) is 3.05. The summed E-state index contributed by atoms with van der Waals surface area (Å²) in [4.78, 5) is 51.4. The molecule has 184 valence electrons. The van der Waals surface area contributed by atoms with E-state index < -0.39 is 28.7 Å². The van der Waals surface area contributed by atoms with Gasteiger partial charge in [-0.25, -0.2) is 0 Å². The van der Waals surface area contributed by atoms with Gasteiger partial charge in [0.15, 0.2) is 0 Å². The number of rotatable bonds is 9. The van der Waals surface area contributed by atoms with Crippen molar-refractivity contribution in [1.82, 2.24) is 10.2 Å². The molecule has 1 aliphatic heterocycles. The minimum atomic E-state index is -1.13. The molecule has 0 radical (unpaired) electrons. The third-order valence-corrected chi connectivity index (χ3v) is 6.63. The Balaban J connectivity index is 1.61. The van der Waals surface area contributed by atoms with Gasteiger partial charge < -0.3 is 5.32 Å². The number of aryl methyl sites for hydroxylation is 1. The number of nitro benzene ring substituents is 1. The summed E-state index contributed by atoms with van der Waals surface area (Å²) >= 11 is 3.42. The summed E-state index contributed by atoms with van der Waals surface area (Å²) in [7, 11) is 0. The van der Waals surface area contributed by atoms with E-state index in [-0.39, 0.29) is 29.3 Å². The minimum Gasteiger partial charge on any atom is -0.348 e. The predicted octanol–water partition coefficient (Wildman–Crippen LogP) is 4.62. The number of hydrogen-bond donors (Lipinski definition) is 1. The molecule has 1 aliphatic rings. The summed E-state index contributed by atoms with van der Waals surface area (Å²) in [6.45, 7) is 1.84. The molecule has 3 aromatic carbocycles. The van der Waals surface area contributed by atoms with Crippen LogP contribution in [0, 0.1) is 10.1 Å². The Hall–Kier alpha value is -3.85. The quantitative estimate of drug-likeness (QED) is 0.181. The van der Waals surface area contributed by atoms with Crippen LogP contribution in [0.15, 0.2) is 72.8 Å². The summed E-state index contributed by atoms with van der Waals surface area (Å²) < 4.78 is 0. The average Bonchev–Trinajstić information content (AvgIpc) is 3.13. The van der Waals surface area contributed by atoms with Gasteiger partial charge in [-0.05, 0) is 42.2 Å². The summed E-state index contributed by atoms with van der Waals surface area (Å²) in [6, 6.07) is 18.6. The number of nitrogens with zero attached hydrogens (tertiary/aromatic N) is 2. The fraction of sp³-hybridized carbons (Fsp3) is 0.222. The molecule has 0 saturated heterocycles. The molecule has 3 amide bonds. The van der Waals surface area contributed by atoms with E-state index in [1.165, 1.54) is 24.3 Å². The number of alkyl halides is 1. The Morgan fingerprint density at radius 1 is 0.944 bits per heavy atom. The van der Waals surface area contributed by atoms with E-state index in [1.807, 2.05) is 31.2 Å². The fourth-order valence-corrected chi connectivity index (χ4v) is 4.70. The molecule has 0 spiro atoms. The lowest BCUT2D eigenvalue weighted by molar-refractivity contribution is -0.384. The molecular weight excluding hydrogens is 526 g/mol. The van der Waals surface area contributed by atoms with Crippen LogP contribution in [0.5, 0.6) is 0 Å². The SMILES string of the molecule is CC(NC(=O)C(Cc1ccc([N+](=O)[O-])cc1)N1C(=O)c2ccccc2C1=O)c1ccc(CCBr)cc1. The number of nitro groups is 1. The lowest BCUT2D eigenvalue weighted by Gasteiger charge is -2.27. The van der Waals surface area contributed by atoms with Crippen LogP contribution in [0.3, 0.4) is 0 Å². The maximum Gasteiger partial charge on any atom is 0.269 e. The molecule has 2 unspecified atom stereocenters. The highest BCUT2D eigenvalue weighted by molar-refractivity contribution is 9.09. The first-order chi connectivity index (χ1) is 17.3. The van der Waals surface area contributed by atoms with Crippen molar-refractivity contribution in [2.45, 2.75) is 31.8 Å². The van der Waals surface area contributed by atoms with Crippen molar-refractivity contribution in [3.05, 3.63) is 111 Å². The van der Waals surface area contributed by atoms with E-state index >= 15 is 0 Å². The zero-order chi connectivity index (χ0) is 25.8. The number of hydrogen-bond acceptors (Lipinski definition) is 5. The van der Waals surface area contributed by atoms with E-state index in [9.17, 15) is 24.5 Å². The molecule has 3 aromatic rings. The van der Waals surface area contributed by atoms with E-state index in [1.54, 1.807) is 24.3 Å². The highest BCUT2D eigenvalue weighted by Gasteiger charge is 2.42. The van der Waals surface area contributed by atoms with Crippen molar-refractivity contribution in [2.75, 3.05) is 5.33 Å². The third-order valence-electron chi connectivity index (χ3n) is 6.24.